The van der Waals surface area contributed by atoms with Crippen molar-refractivity contribution in [1.29, 1.82) is 0 Å². The van der Waals surface area contributed by atoms with Crippen LogP contribution in [-0.4, -0.2) is 22.8 Å². The van der Waals surface area contributed by atoms with E-state index >= 15 is 0 Å². The maximum atomic E-state index is 11.4. The molecule has 1 unspecified atom stereocenters. The van der Waals surface area contributed by atoms with E-state index in [4.69, 9.17) is 0 Å². The fraction of sp³-hybridized carbons (Fsp3) is 0.778. The molecule has 3 nitrogen and oxygen atoms in total. The van der Waals surface area contributed by atoms with E-state index in [0.29, 0.717) is 12.8 Å². The largest absolute Gasteiger partial charge is 0.280 e. The van der Waals surface area contributed by atoms with Crippen molar-refractivity contribution >= 4 is 11.8 Å². The van der Waals surface area contributed by atoms with Gasteiger partial charge in [-0.15, -0.1) is 0 Å². The molecule has 2 rings (SSSR count). The van der Waals surface area contributed by atoms with E-state index in [1.165, 1.54) is 4.90 Å². The van der Waals surface area contributed by atoms with Crippen LogP contribution in [0.2, 0.25) is 0 Å². The van der Waals surface area contributed by atoms with Crippen LogP contribution < -0.4 is 0 Å². The molecule has 1 atom stereocenters. The van der Waals surface area contributed by atoms with Gasteiger partial charge in [0.15, 0.2) is 0 Å². The third-order valence-corrected chi connectivity index (χ3v) is 2.77. The Bertz CT molecular complexity index is 225. The maximum Gasteiger partial charge on any atom is 0.229 e. The topological polar surface area (TPSA) is 37.4 Å². The number of carbonyl (C=O) groups is 2. The first-order valence-corrected chi connectivity index (χ1v) is 4.64. The smallest absolute Gasteiger partial charge is 0.229 e. The summed E-state index contributed by atoms with van der Waals surface area (Å²) in [6.07, 6.45) is 5.12. The minimum atomic E-state index is 0.0481. The number of rotatable bonds is 0. The second-order valence-electron chi connectivity index (χ2n) is 3.60. The monoisotopic (exact) mass is 167 g/mol. The van der Waals surface area contributed by atoms with E-state index in [-0.39, 0.29) is 17.9 Å². The standard InChI is InChI=1S/C9H13NO2/c11-8-4-2-1-3-7-5-6-9(12)10(7)8/h7H,1-6H2. The second-order valence-corrected chi connectivity index (χ2v) is 3.60. The minimum absolute atomic E-state index is 0.0481. The number of hydrogen-bond donors (Lipinski definition) is 0. The zero-order valence-electron chi connectivity index (χ0n) is 7.08. The highest BCUT2D eigenvalue weighted by Crippen LogP contribution is 2.27. The zero-order valence-corrected chi connectivity index (χ0v) is 7.08. The predicted octanol–water partition coefficient (Wildman–Crippen LogP) is 1.08. The first-order valence-electron chi connectivity index (χ1n) is 4.64. The van der Waals surface area contributed by atoms with Crippen molar-refractivity contribution in [2.75, 3.05) is 0 Å². The first-order chi connectivity index (χ1) is 5.79. The predicted molar refractivity (Wildman–Crippen MR) is 43.3 cm³/mol. The lowest BCUT2D eigenvalue weighted by atomic mass is 10.1. The normalized spacial score (nSPS) is 30.3. The van der Waals surface area contributed by atoms with Crippen molar-refractivity contribution in [2.24, 2.45) is 0 Å². The summed E-state index contributed by atoms with van der Waals surface area (Å²) in [5.74, 6) is 0.104. The summed E-state index contributed by atoms with van der Waals surface area (Å²) in [6, 6.07) is 0.243. The number of carbonyl (C=O) groups excluding carboxylic acids is 2. The molecule has 2 aliphatic heterocycles. The van der Waals surface area contributed by atoms with Crippen LogP contribution >= 0.6 is 0 Å². The van der Waals surface area contributed by atoms with Crippen LogP contribution in [-0.2, 0) is 9.59 Å². The molecule has 2 fully saturated rings. The van der Waals surface area contributed by atoms with E-state index in [0.717, 1.165) is 25.7 Å². The van der Waals surface area contributed by atoms with Crippen molar-refractivity contribution in [1.82, 2.24) is 4.90 Å². The highest BCUT2D eigenvalue weighted by molar-refractivity contribution is 5.97. The van der Waals surface area contributed by atoms with Crippen LogP contribution in [0, 0.1) is 0 Å². The summed E-state index contributed by atoms with van der Waals surface area (Å²) < 4.78 is 0. The molecule has 2 aliphatic rings. The van der Waals surface area contributed by atoms with Gasteiger partial charge in [0.05, 0.1) is 0 Å². The Balaban J connectivity index is 2.19. The van der Waals surface area contributed by atoms with Crippen molar-refractivity contribution in [3.05, 3.63) is 0 Å². The summed E-state index contributed by atoms with van der Waals surface area (Å²) in [6.45, 7) is 0. The van der Waals surface area contributed by atoms with Gasteiger partial charge in [0, 0.05) is 18.9 Å². The van der Waals surface area contributed by atoms with Gasteiger partial charge < -0.3 is 0 Å². The third-order valence-electron chi connectivity index (χ3n) is 2.77. The van der Waals surface area contributed by atoms with Crippen LogP contribution in [0.1, 0.15) is 38.5 Å². The fourth-order valence-corrected chi connectivity index (χ4v) is 2.14. The van der Waals surface area contributed by atoms with Crippen LogP contribution in [0.4, 0.5) is 0 Å². The molecule has 3 heteroatoms. The molecule has 0 aromatic heterocycles. The Morgan fingerprint density at radius 1 is 1.00 bits per heavy atom. The van der Waals surface area contributed by atoms with Crippen LogP contribution in [0.15, 0.2) is 0 Å². The molecule has 0 spiro atoms. The molecular weight excluding hydrogens is 154 g/mol. The number of fused-ring (bicyclic) bond motifs is 1. The average Bonchev–Trinajstić information content (AvgIpc) is 2.29. The lowest BCUT2D eigenvalue weighted by Gasteiger charge is -2.19. The Hall–Kier alpha value is -0.860. The number of hydrogen-bond acceptors (Lipinski definition) is 2. The van der Waals surface area contributed by atoms with Crippen LogP contribution in [0.3, 0.4) is 0 Å². The van der Waals surface area contributed by atoms with Gasteiger partial charge in [-0.05, 0) is 19.3 Å². The molecule has 0 aromatic rings. The summed E-state index contributed by atoms with van der Waals surface area (Å²) in [7, 11) is 0. The summed E-state index contributed by atoms with van der Waals surface area (Å²) >= 11 is 0. The lowest BCUT2D eigenvalue weighted by Crippen LogP contribution is -2.36. The molecule has 66 valence electrons. The van der Waals surface area contributed by atoms with Gasteiger partial charge in [-0.2, -0.15) is 0 Å². The molecule has 2 amide bonds. The van der Waals surface area contributed by atoms with Crippen molar-refractivity contribution in [3.63, 3.8) is 0 Å². The molecule has 0 aliphatic carbocycles. The minimum Gasteiger partial charge on any atom is -0.280 e. The molecule has 0 bridgehead atoms. The van der Waals surface area contributed by atoms with Gasteiger partial charge in [0.1, 0.15) is 0 Å². The molecule has 2 heterocycles. The second kappa shape index (κ2) is 2.88. The summed E-state index contributed by atoms with van der Waals surface area (Å²) in [5.41, 5.74) is 0. The van der Waals surface area contributed by atoms with E-state index in [1.807, 2.05) is 0 Å². The van der Waals surface area contributed by atoms with Crippen molar-refractivity contribution in [3.8, 4) is 0 Å². The van der Waals surface area contributed by atoms with E-state index in [9.17, 15) is 9.59 Å². The Morgan fingerprint density at radius 2 is 1.75 bits per heavy atom. The van der Waals surface area contributed by atoms with Crippen molar-refractivity contribution < 1.29 is 9.59 Å². The SMILES string of the molecule is O=C1CCCCC2CCC(=O)N12. The van der Waals surface area contributed by atoms with E-state index in [2.05, 4.69) is 0 Å². The average molecular weight is 167 g/mol. The van der Waals surface area contributed by atoms with E-state index in [1.54, 1.807) is 0 Å². The molecule has 0 aromatic carbocycles. The Labute approximate surface area is 71.7 Å². The molecular formula is C9H13NO2. The third kappa shape index (κ3) is 1.13. The highest BCUT2D eigenvalue weighted by atomic mass is 16.2. The summed E-state index contributed by atoms with van der Waals surface area (Å²) in [4.78, 5) is 24.2. The number of nitrogens with zero attached hydrogens (tertiary/aromatic N) is 1. The van der Waals surface area contributed by atoms with Gasteiger partial charge in [0.2, 0.25) is 11.8 Å². The first kappa shape index (κ1) is 7.77. The fourth-order valence-electron chi connectivity index (χ4n) is 2.14. The Kier molecular flexibility index (Phi) is 1.87. The quantitative estimate of drug-likeness (QED) is 0.506. The van der Waals surface area contributed by atoms with Crippen molar-refractivity contribution in [2.45, 2.75) is 44.6 Å². The number of amides is 2. The van der Waals surface area contributed by atoms with Crippen LogP contribution in [0.25, 0.3) is 0 Å². The lowest BCUT2D eigenvalue weighted by molar-refractivity contribution is -0.143. The van der Waals surface area contributed by atoms with Crippen LogP contribution in [0.5, 0.6) is 0 Å². The van der Waals surface area contributed by atoms with E-state index < -0.39 is 0 Å². The maximum absolute atomic E-state index is 11.4. The molecule has 0 N–H and O–H groups in total. The molecule has 12 heavy (non-hydrogen) atoms. The van der Waals surface area contributed by atoms with Gasteiger partial charge in [-0.3, -0.25) is 14.5 Å². The van der Waals surface area contributed by atoms with Gasteiger partial charge in [-0.25, -0.2) is 0 Å². The summed E-state index contributed by atoms with van der Waals surface area (Å²) in [5, 5.41) is 0. The zero-order chi connectivity index (χ0) is 8.55. The molecule has 0 radical (unpaired) electrons. The van der Waals surface area contributed by atoms with Gasteiger partial charge in [0.25, 0.3) is 0 Å². The van der Waals surface area contributed by atoms with Gasteiger partial charge >= 0.3 is 0 Å². The van der Waals surface area contributed by atoms with Gasteiger partial charge in [-0.1, -0.05) is 6.42 Å². The molecule has 2 saturated heterocycles. The number of imide groups is 1. The molecule has 0 saturated carbocycles. The Morgan fingerprint density at radius 3 is 2.58 bits per heavy atom. The highest BCUT2D eigenvalue weighted by Gasteiger charge is 2.36.